The molecule has 0 rings (SSSR count). The van der Waals surface area contributed by atoms with Gasteiger partial charge in [0.25, 0.3) is 0 Å². The molecule has 0 heterocycles. The maximum absolute atomic E-state index is 11.2. The number of carbonyl (C=O) groups excluding carboxylic acids is 1. The third kappa shape index (κ3) is 7.33. The Hall–Kier alpha value is -1.58. The first-order valence-corrected chi connectivity index (χ1v) is 5.33. The highest BCUT2D eigenvalue weighted by Crippen LogP contribution is 2.00. The number of aliphatic carboxylic acids is 1. The summed E-state index contributed by atoms with van der Waals surface area (Å²) in [7, 11) is 0. The van der Waals surface area contributed by atoms with Crippen LogP contribution in [0.15, 0.2) is 0 Å². The van der Waals surface area contributed by atoms with Crippen molar-refractivity contribution in [3.05, 3.63) is 0 Å². The normalized spacial score (nSPS) is 13.5. The second kappa shape index (κ2) is 8.56. The third-order valence-corrected chi connectivity index (χ3v) is 2.11. The van der Waals surface area contributed by atoms with Crippen LogP contribution >= 0.6 is 0 Å². The zero-order chi connectivity index (χ0) is 13.3. The van der Waals surface area contributed by atoms with Crippen LogP contribution in [0.3, 0.4) is 0 Å². The Labute approximate surface area is 100 Å². The Morgan fingerprint density at radius 2 is 1.94 bits per heavy atom. The lowest BCUT2D eigenvalue weighted by molar-refractivity contribution is -0.145. The molecule has 0 fully saturated rings. The Morgan fingerprint density at radius 1 is 1.29 bits per heavy atom. The van der Waals surface area contributed by atoms with Crippen molar-refractivity contribution in [1.29, 1.82) is 0 Å². The Kier molecular flexibility index (Phi) is 7.76. The summed E-state index contributed by atoms with van der Waals surface area (Å²) in [6.07, 6.45) is 6.62. The highest BCUT2D eigenvalue weighted by Gasteiger charge is 2.14. The van der Waals surface area contributed by atoms with E-state index in [1.807, 2.05) is 0 Å². The minimum Gasteiger partial charge on any atom is -0.480 e. The molecule has 0 aliphatic carbocycles. The molecule has 2 atom stereocenters. The fraction of sp³-hybridized carbons (Fsp3) is 0.636. The van der Waals surface area contributed by atoms with E-state index in [4.69, 9.17) is 27.7 Å². The third-order valence-electron chi connectivity index (χ3n) is 2.11. The van der Waals surface area contributed by atoms with E-state index in [2.05, 4.69) is 5.92 Å². The van der Waals surface area contributed by atoms with Crippen LogP contribution in [0.25, 0.3) is 0 Å². The van der Waals surface area contributed by atoms with Crippen molar-refractivity contribution in [2.75, 3.05) is 6.61 Å². The maximum Gasteiger partial charge on any atom is 0.323 e. The first-order valence-electron chi connectivity index (χ1n) is 5.33. The van der Waals surface area contributed by atoms with Gasteiger partial charge in [-0.3, -0.25) is 9.59 Å². The monoisotopic (exact) mass is 242 g/mol. The standard InChI is InChI=1S/C11H18N2O4/c1-2-5-9(13)11(16)17-7-4-3-6-8(12)10(14)15/h1,8-9H,3-7,12-13H2,(H,14,15). The van der Waals surface area contributed by atoms with E-state index in [1.54, 1.807) is 0 Å². The lowest BCUT2D eigenvalue weighted by Crippen LogP contribution is -2.32. The first-order chi connectivity index (χ1) is 7.99. The number of unbranched alkanes of at least 4 members (excludes halogenated alkanes) is 1. The average Bonchev–Trinajstić information content (AvgIpc) is 2.28. The topological polar surface area (TPSA) is 116 Å². The number of hydrogen-bond donors (Lipinski definition) is 3. The Balaban J connectivity index is 3.55. The number of nitrogens with two attached hydrogens (primary N) is 2. The molecule has 2 unspecified atom stereocenters. The number of carbonyl (C=O) groups is 2. The minimum atomic E-state index is -1.03. The number of carboxylic acid groups (broad SMARTS) is 1. The van der Waals surface area contributed by atoms with Crippen LogP contribution in [0.2, 0.25) is 0 Å². The molecule has 0 aromatic rings. The second-order valence-corrected chi connectivity index (χ2v) is 3.62. The maximum atomic E-state index is 11.2. The fourth-order valence-electron chi connectivity index (χ4n) is 1.08. The van der Waals surface area contributed by atoms with Gasteiger partial charge in [-0.05, 0) is 19.3 Å². The van der Waals surface area contributed by atoms with Gasteiger partial charge in [-0.15, -0.1) is 12.3 Å². The molecule has 0 spiro atoms. The highest BCUT2D eigenvalue weighted by molar-refractivity contribution is 5.75. The summed E-state index contributed by atoms with van der Waals surface area (Å²) in [5, 5.41) is 8.51. The summed E-state index contributed by atoms with van der Waals surface area (Å²) in [6, 6.07) is -1.66. The number of rotatable bonds is 8. The number of ether oxygens (including phenoxy) is 1. The van der Waals surface area contributed by atoms with Crippen molar-refractivity contribution in [3.63, 3.8) is 0 Å². The summed E-state index contributed by atoms with van der Waals surface area (Å²) in [4.78, 5) is 21.6. The van der Waals surface area contributed by atoms with Gasteiger partial charge < -0.3 is 21.3 Å². The summed E-state index contributed by atoms with van der Waals surface area (Å²) in [5.74, 6) is 0.704. The molecular formula is C11H18N2O4. The highest BCUT2D eigenvalue weighted by atomic mass is 16.5. The van der Waals surface area contributed by atoms with Crippen LogP contribution in [0.1, 0.15) is 25.7 Å². The van der Waals surface area contributed by atoms with Crippen LogP contribution in [0.5, 0.6) is 0 Å². The van der Waals surface area contributed by atoms with E-state index in [-0.39, 0.29) is 13.0 Å². The Bertz CT molecular complexity index is 298. The van der Waals surface area contributed by atoms with Gasteiger partial charge in [0, 0.05) is 6.42 Å². The van der Waals surface area contributed by atoms with Crippen molar-refractivity contribution in [2.45, 2.75) is 37.8 Å². The Morgan fingerprint density at radius 3 is 2.47 bits per heavy atom. The molecule has 0 aliphatic rings. The lowest BCUT2D eigenvalue weighted by atomic mass is 10.1. The fourth-order valence-corrected chi connectivity index (χ4v) is 1.08. The van der Waals surface area contributed by atoms with Gasteiger partial charge in [0.2, 0.25) is 0 Å². The molecule has 5 N–H and O–H groups in total. The molecule has 0 aliphatic heterocycles. The van der Waals surface area contributed by atoms with Gasteiger partial charge in [0.05, 0.1) is 6.61 Å². The SMILES string of the molecule is C#CCC(N)C(=O)OCCCCC(N)C(=O)O. The van der Waals surface area contributed by atoms with E-state index in [0.29, 0.717) is 19.3 Å². The van der Waals surface area contributed by atoms with E-state index in [0.717, 1.165) is 0 Å². The molecule has 0 aromatic heterocycles. The first kappa shape index (κ1) is 15.4. The minimum absolute atomic E-state index is 0.142. The van der Waals surface area contributed by atoms with Gasteiger partial charge >= 0.3 is 11.9 Å². The van der Waals surface area contributed by atoms with Crippen LogP contribution < -0.4 is 11.5 Å². The summed E-state index contributed by atoms with van der Waals surface area (Å²) in [6.45, 7) is 0.198. The number of carboxylic acids is 1. The van der Waals surface area contributed by atoms with Crippen molar-refractivity contribution in [3.8, 4) is 12.3 Å². The van der Waals surface area contributed by atoms with Crippen LogP contribution in [0.4, 0.5) is 0 Å². The van der Waals surface area contributed by atoms with Gasteiger partial charge in [0.15, 0.2) is 0 Å². The van der Waals surface area contributed by atoms with Gasteiger partial charge in [-0.1, -0.05) is 0 Å². The quantitative estimate of drug-likeness (QED) is 0.299. The van der Waals surface area contributed by atoms with Crippen molar-refractivity contribution >= 4 is 11.9 Å². The summed E-state index contributed by atoms with van der Waals surface area (Å²) in [5.41, 5.74) is 10.7. The number of terminal acetylenes is 1. The van der Waals surface area contributed by atoms with Crippen LogP contribution in [0, 0.1) is 12.3 Å². The van der Waals surface area contributed by atoms with Gasteiger partial charge in [0.1, 0.15) is 12.1 Å². The largest absolute Gasteiger partial charge is 0.480 e. The van der Waals surface area contributed by atoms with Crippen LogP contribution in [-0.2, 0) is 14.3 Å². The van der Waals surface area contributed by atoms with Crippen LogP contribution in [-0.4, -0.2) is 35.7 Å². The van der Waals surface area contributed by atoms with E-state index in [9.17, 15) is 9.59 Å². The summed E-state index contributed by atoms with van der Waals surface area (Å²) < 4.78 is 4.85. The molecular weight excluding hydrogens is 224 g/mol. The molecule has 6 nitrogen and oxygen atoms in total. The summed E-state index contributed by atoms with van der Waals surface area (Å²) >= 11 is 0. The molecule has 0 aromatic carbocycles. The number of hydrogen-bond acceptors (Lipinski definition) is 5. The molecule has 0 radical (unpaired) electrons. The second-order valence-electron chi connectivity index (χ2n) is 3.62. The number of esters is 1. The lowest BCUT2D eigenvalue weighted by Gasteiger charge is -2.09. The molecule has 0 bridgehead atoms. The molecule has 17 heavy (non-hydrogen) atoms. The predicted octanol–water partition coefficient (Wildman–Crippen LogP) is -0.538. The molecule has 96 valence electrons. The van der Waals surface area contributed by atoms with Crippen molar-refractivity contribution < 1.29 is 19.4 Å². The zero-order valence-electron chi connectivity index (χ0n) is 9.59. The van der Waals surface area contributed by atoms with Gasteiger partial charge in [-0.2, -0.15) is 0 Å². The van der Waals surface area contributed by atoms with E-state index < -0.39 is 24.0 Å². The zero-order valence-corrected chi connectivity index (χ0v) is 9.59. The smallest absolute Gasteiger partial charge is 0.323 e. The van der Waals surface area contributed by atoms with Crippen molar-refractivity contribution in [1.82, 2.24) is 0 Å². The van der Waals surface area contributed by atoms with Gasteiger partial charge in [-0.25, -0.2) is 0 Å². The predicted molar refractivity (Wildman–Crippen MR) is 61.8 cm³/mol. The van der Waals surface area contributed by atoms with E-state index >= 15 is 0 Å². The van der Waals surface area contributed by atoms with Crippen molar-refractivity contribution in [2.24, 2.45) is 11.5 Å². The molecule has 0 saturated carbocycles. The molecule has 0 amide bonds. The molecule has 0 saturated heterocycles. The molecule has 6 heteroatoms. The average molecular weight is 242 g/mol. The van der Waals surface area contributed by atoms with E-state index in [1.165, 1.54) is 0 Å².